The van der Waals surface area contributed by atoms with Crippen LogP contribution in [0.3, 0.4) is 0 Å². The number of nitrogens with one attached hydrogen (secondary N) is 2. The molecule has 9 nitrogen and oxygen atoms in total. The molecule has 0 unspecified atom stereocenters. The molecule has 3 atom stereocenters. The van der Waals surface area contributed by atoms with Crippen molar-refractivity contribution >= 4 is 23.9 Å². The highest BCUT2D eigenvalue weighted by Gasteiger charge is 2.33. The normalized spacial score (nSPS) is 14.6. The highest BCUT2D eigenvalue weighted by Crippen LogP contribution is 2.44. The third kappa shape index (κ3) is 5.98. The van der Waals surface area contributed by atoms with Crippen molar-refractivity contribution in [2.75, 3.05) is 13.7 Å². The fraction of sp³-hybridized carbons (Fsp3) is 0.385. The summed E-state index contributed by atoms with van der Waals surface area (Å²) >= 11 is 0. The maximum Gasteiger partial charge on any atom is 0.407 e. The number of esters is 1. The molecule has 2 aromatic rings. The van der Waals surface area contributed by atoms with E-state index in [1.54, 1.807) is 6.92 Å². The molecule has 0 bridgehead atoms. The number of hydrogen-bond donors (Lipinski definition) is 3. The van der Waals surface area contributed by atoms with E-state index in [1.807, 2.05) is 55.5 Å². The number of carbonyl (C=O) groups is 4. The average Bonchev–Trinajstić information content (AvgIpc) is 3.18. The van der Waals surface area contributed by atoms with E-state index >= 15 is 0 Å². The number of rotatable bonds is 10. The first-order valence-corrected chi connectivity index (χ1v) is 11.5. The first-order chi connectivity index (χ1) is 16.8. The molecule has 0 heterocycles. The highest BCUT2D eigenvalue weighted by molar-refractivity contribution is 5.91. The summed E-state index contributed by atoms with van der Waals surface area (Å²) in [5.74, 6) is -3.33. The topological polar surface area (TPSA) is 131 Å². The Morgan fingerprint density at radius 2 is 1.54 bits per heavy atom. The second-order valence-electron chi connectivity index (χ2n) is 8.51. The SMILES string of the molecule is CC[C@H](C)[C@H](NC(=O)OCC1c2ccccc2-c2ccccc21)C(=O)N[C@@H](CC(=O)OC)C(=O)O. The van der Waals surface area contributed by atoms with Gasteiger partial charge in [-0.1, -0.05) is 68.8 Å². The van der Waals surface area contributed by atoms with Crippen LogP contribution in [-0.2, 0) is 23.9 Å². The minimum Gasteiger partial charge on any atom is -0.480 e. The van der Waals surface area contributed by atoms with Crippen molar-refractivity contribution in [3.8, 4) is 11.1 Å². The average molecular weight is 483 g/mol. The monoisotopic (exact) mass is 482 g/mol. The molecule has 3 N–H and O–H groups in total. The summed E-state index contributed by atoms with van der Waals surface area (Å²) in [6, 6.07) is 13.4. The summed E-state index contributed by atoms with van der Waals surface area (Å²) in [5, 5.41) is 14.2. The van der Waals surface area contributed by atoms with Crippen LogP contribution in [0.5, 0.6) is 0 Å². The zero-order chi connectivity index (χ0) is 25.5. The molecule has 35 heavy (non-hydrogen) atoms. The Bertz CT molecular complexity index is 1060. The van der Waals surface area contributed by atoms with Crippen LogP contribution in [0.1, 0.15) is 43.7 Å². The summed E-state index contributed by atoms with van der Waals surface area (Å²) in [6.45, 7) is 3.67. The third-order valence-corrected chi connectivity index (χ3v) is 6.33. The number of aliphatic carboxylic acids is 1. The van der Waals surface area contributed by atoms with Gasteiger partial charge in [0, 0.05) is 5.92 Å². The van der Waals surface area contributed by atoms with E-state index in [0.717, 1.165) is 29.4 Å². The molecule has 0 aliphatic heterocycles. The summed E-state index contributed by atoms with van der Waals surface area (Å²) < 4.78 is 10.0. The van der Waals surface area contributed by atoms with Crippen molar-refractivity contribution in [3.05, 3.63) is 59.7 Å². The zero-order valence-corrected chi connectivity index (χ0v) is 19.9. The maximum atomic E-state index is 12.9. The number of benzene rings is 2. The predicted molar refractivity (Wildman–Crippen MR) is 128 cm³/mol. The van der Waals surface area contributed by atoms with Gasteiger partial charge in [0.05, 0.1) is 13.5 Å². The van der Waals surface area contributed by atoms with Gasteiger partial charge in [0.15, 0.2) is 0 Å². The fourth-order valence-electron chi connectivity index (χ4n) is 4.18. The van der Waals surface area contributed by atoms with Gasteiger partial charge in [-0.3, -0.25) is 9.59 Å². The van der Waals surface area contributed by atoms with Gasteiger partial charge < -0.3 is 25.2 Å². The van der Waals surface area contributed by atoms with Gasteiger partial charge in [-0.05, 0) is 28.2 Å². The molecule has 1 aliphatic carbocycles. The largest absolute Gasteiger partial charge is 0.480 e. The molecule has 9 heteroatoms. The smallest absolute Gasteiger partial charge is 0.407 e. The van der Waals surface area contributed by atoms with Crippen LogP contribution in [-0.4, -0.2) is 54.8 Å². The van der Waals surface area contributed by atoms with E-state index in [1.165, 1.54) is 0 Å². The van der Waals surface area contributed by atoms with Gasteiger partial charge in [-0.2, -0.15) is 0 Å². The van der Waals surface area contributed by atoms with Crippen LogP contribution in [0.15, 0.2) is 48.5 Å². The molecule has 0 aromatic heterocycles. The van der Waals surface area contributed by atoms with Gasteiger partial charge in [-0.25, -0.2) is 9.59 Å². The number of amides is 2. The van der Waals surface area contributed by atoms with Gasteiger partial charge in [0.1, 0.15) is 18.7 Å². The lowest BCUT2D eigenvalue weighted by Gasteiger charge is -2.25. The molecular formula is C26H30N2O7. The third-order valence-electron chi connectivity index (χ3n) is 6.33. The van der Waals surface area contributed by atoms with Crippen LogP contribution in [0, 0.1) is 5.92 Å². The summed E-state index contributed by atoms with van der Waals surface area (Å²) in [4.78, 5) is 48.5. The van der Waals surface area contributed by atoms with E-state index in [2.05, 4.69) is 15.4 Å². The number of carboxylic acids is 1. The summed E-state index contributed by atoms with van der Waals surface area (Å²) in [7, 11) is 1.13. The first kappa shape index (κ1) is 25.7. The van der Waals surface area contributed by atoms with Crippen LogP contribution < -0.4 is 10.6 Å². The number of carboxylic acid groups (broad SMARTS) is 1. The Morgan fingerprint density at radius 1 is 0.971 bits per heavy atom. The molecular weight excluding hydrogens is 452 g/mol. The molecule has 2 amide bonds. The molecule has 2 aromatic carbocycles. The van der Waals surface area contributed by atoms with Gasteiger partial charge >= 0.3 is 18.0 Å². The maximum absolute atomic E-state index is 12.9. The molecule has 186 valence electrons. The van der Waals surface area contributed by atoms with Gasteiger partial charge in [0.2, 0.25) is 5.91 Å². The Morgan fingerprint density at radius 3 is 2.06 bits per heavy atom. The molecule has 0 fully saturated rings. The molecule has 0 saturated carbocycles. The lowest BCUT2D eigenvalue weighted by atomic mass is 9.97. The molecule has 0 radical (unpaired) electrons. The second kappa shape index (κ2) is 11.5. The Labute approximate surface area is 203 Å². The molecule has 0 spiro atoms. The van der Waals surface area contributed by atoms with Gasteiger partial charge in [0.25, 0.3) is 0 Å². The van der Waals surface area contributed by atoms with Crippen molar-refractivity contribution < 1.29 is 33.8 Å². The number of fused-ring (bicyclic) bond motifs is 3. The Hall–Kier alpha value is -3.88. The second-order valence-corrected chi connectivity index (χ2v) is 8.51. The van der Waals surface area contributed by atoms with Crippen LogP contribution in [0.4, 0.5) is 4.79 Å². The number of alkyl carbamates (subject to hydrolysis) is 1. The summed E-state index contributed by atoms with van der Waals surface area (Å²) in [5.41, 5.74) is 4.31. The van der Waals surface area contributed by atoms with Crippen LogP contribution >= 0.6 is 0 Å². The Balaban J connectivity index is 1.68. The van der Waals surface area contributed by atoms with Crippen molar-refractivity contribution in [1.82, 2.24) is 10.6 Å². The van der Waals surface area contributed by atoms with Crippen LogP contribution in [0.25, 0.3) is 11.1 Å². The lowest BCUT2D eigenvalue weighted by Crippen LogP contribution is -2.54. The van der Waals surface area contributed by atoms with Gasteiger partial charge in [-0.15, -0.1) is 0 Å². The fourth-order valence-corrected chi connectivity index (χ4v) is 4.18. The number of carbonyl (C=O) groups excluding carboxylic acids is 3. The number of hydrogen-bond acceptors (Lipinski definition) is 6. The van der Waals surface area contributed by atoms with Crippen molar-refractivity contribution in [3.63, 3.8) is 0 Å². The standard InChI is InChI=1S/C26H30N2O7/c1-4-15(2)23(24(30)27-21(25(31)32)13-22(29)34-3)28-26(33)35-14-20-18-11-7-5-9-16(18)17-10-6-8-12-19(17)20/h5-12,15,20-21,23H,4,13-14H2,1-3H3,(H,27,30)(H,28,33)(H,31,32)/t15-,21-,23-/m0/s1. The quantitative estimate of drug-likeness (QED) is 0.444. The van der Waals surface area contributed by atoms with E-state index < -0.39 is 42.4 Å². The lowest BCUT2D eigenvalue weighted by molar-refractivity contribution is -0.149. The number of methoxy groups -OCH3 is 1. The summed E-state index contributed by atoms with van der Waals surface area (Å²) in [6.07, 6.45) is -0.779. The van der Waals surface area contributed by atoms with Crippen molar-refractivity contribution in [1.29, 1.82) is 0 Å². The van der Waals surface area contributed by atoms with Crippen molar-refractivity contribution in [2.45, 2.75) is 44.7 Å². The first-order valence-electron chi connectivity index (χ1n) is 11.5. The van der Waals surface area contributed by atoms with E-state index in [0.29, 0.717) is 6.42 Å². The Kier molecular flexibility index (Phi) is 8.46. The highest BCUT2D eigenvalue weighted by atomic mass is 16.5. The number of ether oxygens (including phenoxy) is 2. The minimum atomic E-state index is -1.48. The molecule has 3 rings (SSSR count). The molecule has 0 saturated heterocycles. The zero-order valence-electron chi connectivity index (χ0n) is 19.9. The van der Waals surface area contributed by atoms with Crippen LogP contribution in [0.2, 0.25) is 0 Å². The minimum absolute atomic E-state index is 0.0782. The predicted octanol–water partition coefficient (Wildman–Crippen LogP) is 3.07. The van der Waals surface area contributed by atoms with Crippen molar-refractivity contribution in [2.24, 2.45) is 5.92 Å². The van der Waals surface area contributed by atoms with E-state index in [4.69, 9.17) is 4.74 Å². The van der Waals surface area contributed by atoms with E-state index in [-0.39, 0.29) is 18.4 Å². The van der Waals surface area contributed by atoms with E-state index in [9.17, 15) is 24.3 Å². The molecule has 1 aliphatic rings.